The van der Waals surface area contributed by atoms with Crippen LogP contribution in [0.15, 0.2) is 24.5 Å². The molecule has 0 aliphatic heterocycles. The molecule has 3 aromatic heterocycles. The van der Waals surface area contributed by atoms with Gasteiger partial charge in [-0.1, -0.05) is 0 Å². The van der Waals surface area contributed by atoms with Crippen molar-refractivity contribution in [3.63, 3.8) is 0 Å². The van der Waals surface area contributed by atoms with E-state index in [-0.39, 0.29) is 5.91 Å². The molecule has 3 rings (SSSR count). The first kappa shape index (κ1) is 15.2. The minimum absolute atomic E-state index is 0.126. The molecule has 23 heavy (non-hydrogen) atoms. The van der Waals surface area contributed by atoms with Crippen molar-refractivity contribution in [1.82, 2.24) is 29.3 Å². The lowest BCUT2D eigenvalue weighted by molar-refractivity contribution is 0.0778. The smallest absolute Gasteiger partial charge is 0.274 e. The maximum absolute atomic E-state index is 12.6. The third-order valence-electron chi connectivity index (χ3n) is 4.03. The number of carbonyl (C=O) groups is 1. The highest BCUT2D eigenvalue weighted by molar-refractivity contribution is 5.93. The molecule has 0 radical (unpaired) electrons. The average Bonchev–Trinajstić information content (AvgIpc) is 3.09. The van der Waals surface area contributed by atoms with Crippen molar-refractivity contribution in [2.24, 2.45) is 0 Å². The Morgan fingerprint density at radius 1 is 1.30 bits per heavy atom. The second-order valence-electron chi connectivity index (χ2n) is 5.58. The topological polar surface area (TPSA) is 68.3 Å². The largest absolute Gasteiger partial charge is 0.336 e. The molecule has 7 heteroatoms. The van der Waals surface area contributed by atoms with E-state index in [0.717, 1.165) is 23.5 Å². The van der Waals surface area contributed by atoms with E-state index in [1.165, 1.54) is 0 Å². The number of hydrogen-bond donors (Lipinski definition) is 0. The van der Waals surface area contributed by atoms with Gasteiger partial charge >= 0.3 is 0 Å². The summed E-state index contributed by atoms with van der Waals surface area (Å²) in [4.78, 5) is 18.5. The van der Waals surface area contributed by atoms with E-state index in [1.54, 1.807) is 41.0 Å². The van der Waals surface area contributed by atoms with Crippen molar-refractivity contribution in [3.05, 3.63) is 47.2 Å². The molecule has 3 aromatic rings. The zero-order chi connectivity index (χ0) is 16.6. The lowest BCUT2D eigenvalue weighted by atomic mass is 10.2. The SMILES string of the molecule is CCn1nc(C)c(CN(C)C(=O)c2cc3ncccn3n2)c1C. The van der Waals surface area contributed by atoms with Crippen LogP contribution in [0, 0.1) is 13.8 Å². The lowest BCUT2D eigenvalue weighted by Gasteiger charge is -2.16. The zero-order valence-corrected chi connectivity index (χ0v) is 13.8. The Bertz CT molecular complexity index is 830. The van der Waals surface area contributed by atoms with Crippen LogP contribution in [-0.2, 0) is 13.1 Å². The first-order valence-electron chi connectivity index (χ1n) is 7.60. The number of fused-ring (bicyclic) bond motifs is 1. The number of rotatable bonds is 4. The van der Waals surface area contributed by atoms with Gasteiger partial charge in [0.1, 0.15) is 0 Å². The molecule has 0 unspecified atom stereocenters. The second-order valence-corrected chi connectivity index (χ2v) is 5.58. The molecular formula is C16H20N6O. The number of aromatic nitrogens is 5. The molecule has 0 aliphatic carbocycles. The Balaban J connectivity index is 1.84. The maximum atomic E-state index is 12.6. The lowest BCUT2D eigenvalue weighted by Crippen LogP contribution is -2.27. The molecule has 7 nitrogen and oxygen atoms in total. The standard InChI is InChI=1S/C16H20N6O/c1-5-21-12(3)13(11(2)18-21)10-20(4)16(23)14-9-15-17-7-6-8-22(15)19-14/h6-9H,5,10H2,1-4H3. The molecular weight excluding hydrogens is 292 g/mol. The zero-order valence-electron chi connectivity index (χ0n) is 13.8. The van der Waals surface area contributed by atoms with Gasteiger partial charge in [-0.15, -0.1) is 0 Å². The van der Waals surface area contributed by atoms with Crippen LogP contribution in [0.5, 0.6) is 0 Å². The van der Waals surface area contributed by atoms with E-state index in [0.29, 0.717) is 17.9 Å². The maximum Gasteiger partial charge on any atom is 0.274 e. The van der Waals surface area contributed by atoms with Crippen LogP contribution in [0.2, 0.25) is 0 Å². The Morgan fingerprint density at radius 2 is 2.09 bits per heavy atom. The van der Waals surface area contributed by atoms with E-state index in [2.05, 4.69) is 22.1 Å². The van der Waals surface area contributed by atoms with E-state index < -0.39 is 0 Å². The molecule has 0 aliphatic rings. The molecule has 0 atom stereocenters. The fourth-order valence-corrected chi connectivity index (χ4v) is 2.71. The number of nitrogens with zero attached hydrogens (tertiary/aromatic N) is 6. The summed E-state index contributed by atoms with van der Waals surface area (Å²) in [5.74, 6) is -0.126. The van der Waals surface area contributed by atoms with Gasteiger partial charge in [0.25, 0.3) is 5.91 Å². The van der Waals surface area contributed by atoms with Gasteiger partial charge in [0.05, 0.1) is 5.69 Å². The molecule has 120 valence electrons. The normalized spacial score (nSPS) is 11.1. The average molecular weight is 312 g/mol. The van der Waals surface area contributed by atoms with Gasteiger partial charge < -0.3 is 4.90 Å². The predicted octanol–water partition coefficient (Wildman–Crippen LogP) is 1.83. The highest BCUT2D eigenvalue weighted by atomic mass is 16.2. The summed E-state index contributed by atoms with van der Waals surface area (Å²) in [7, 11) is 1.78. The Morgan fingerprint density at radius 3 is 2.74 bits per heavy atom. The van der Waals surface area contributed by atoms with Crippen molar-refractivity contribution in [2.75, 3.05) is 7.05 Å². The number of amides is 1. The third kappa shape index (κ3) is 2.69. The molecule has 0 bridgehead atoms. The summed E-state index contributed by atoms with van der Waals surface area (Å²) in [6, 6.07) is 3.48. The van der Waals surface area contributed by atoms with Gasteiger partial charge in [0.2, 0.25) is 0 Å². The predicted molar refractivity (Wildman–Crippen MR) is 86.2 cm³/mol. The van der Waals surface area contributed by atoms with Gasteiger partial charge in [0.15, 0.2) is 11.3 Å². The van der Waals surface area contributed by atoms with E-state index in [4.69, 9.17) is 0 Å². The van der Waals surface area contributed by atoms with Crippen molar-refractivity contribution < 1.29 is 4.79 Å². The Labute approximate surface area is 134 Å². The van der Waals surface area contributed by atoms with Crippen molar-refractivity contribution in [1.29, 1.82) is 0 Å². The quantitative estimate of drug-likeness (QED) is 0.737. The van der Waals surface area contributed by atoms with Crippen molar-refractivity contribution in [3.8, 4) is 0 Å². The second kappa shape index (κ2) is 5.83. The number of aryl methyl sites for hydroxylation is 2. The van der Waals surface area contributed by atoms with Crippen LogP contribution in [0.1, 0.15) is 34.4 Å². The summed E-state index contributed by atoms with van der Waals surface area (Å²) in [6.07, 6.45) is 3.46. The number of carbonyl (C=O) groups excluding carboxylic acids is 1. The summed E-state index contributed by atoms with van der Waals surface area (Å²) >= 11 is 0. The Kier molecular flexibility index (Phi) is 3.85. The van der Waals surface area contributed by atoms with E-state index >= 15 is 0 Å². The fourth-order valence-electron chi connectivity index (χ4n) is 2.71. The van der Waals surface area contributed by atoms with Crippen LogP contribution in [-0.4, -0.2) is 42.2 Å². The summed E-state index contributed by atoms with van der Waals surface area (Å²) < 4.78 is 3.56. The van der Waals surface area contributed by atoms with E-state index in [1.807, 2.05) is 18.5 Å². The highest BCUT2D eigenvalue weighted by Gasteiger charge is 2.19. The molecule has 1 amide bonds. The van der Waals surface area contributed by atoms with Crippen molar-refractivity contribution >= 4 is 11.6 Å². The van der Waals surface area contributed by atoms with Crippen LogP contribution >= 0.6 is 0 Å². The van der Waals surface area contributed by atoms with Crippen LogP contribution in [0.3, 0.4) is 0 Å². The molecule has 0 fully saturated rings. The first-order chi connectivity index (χ1) is 11.0. The van der Waals surface area contributed by atoms with Crippen LogP contribution < -0.4 is 0 Å². The Hall–Kier alpha value is -2.70. The third-order valence-corrected chi connectivity index (χ3v) is 4.03. The molecule has 0 saturated heterocycles. The van der Waals surface area contributed by atoms with Gasteiger partial charge in [0, 0.05) is 49.9 Å². The number of hydrogen-bond acceptors (Lipinski definition) is 4. The van der Waals surface area contributed by atoms with Crippen LogP contribution in [0.4, 0.5) is 0 Å². The van der Waals surface area contributed by atoms with Crippen LogP contribution in [0.25, 0.3) is 5.65 Å². The molecule has 0 spiro atoms. The monoisotopic (exact) mass is 312 g/mol. The summed E-state index contributed by atoms with van der Waals surface area (Å²) in [6.45, 7) is 7.40. The van der Waals surface area contributed by atoms with Gasteiger partial charge in [-0.3, -0.25) is 9.48 Å². The molecule has 3 heterocycles. The highest BCUT2D eigenvalue weighted by Crippen LogP contribution is 2.16. The molecule has 0 saturated carbocycles. The van der Waals surface area contributed by atoms with Crippen molar-refractivity contribution in [2.45, 2.75) is 33.9 Å². The molecule has 0 aromatic carbocycles. The summed E-state index contributed by atoms with van der Waals surface area (Å²) in [5, 5.41) is 8.78. The fraction of sp³-hybridized carbons (Fsp3) is 0.375. The van der Waals surface area contributed by atoms with Gasteiger partial charge in [-0.05, 0) is 26.8 Å². The first-order valence-corrected chi connectivity index (χ1v) is 7.60. The van der Waals surface area contributed by atoms with E-state index in [9.17, 15) is 4.79 Å². The minimum Gasteiger partial charge on any atom is -0.336 e. The van der Waals surface area contributed by atoms with Gasteiger partial charge in [-0.25, -0.2) is 9.50 Å². The minimum atomic E-state index is -0.126. The molecule has 0 N–H and O–H groups in total. The van der Waals surface area contributed by atoms with Gasteiger partial charge in [-0.2, -0.15) is 10.2 Å². The summed E-state index contributed by atoms with van der Waals surface area (Å²) in [5.41, 5.74) is 4.20.